The zero-order valence-corrected chi connectivity index (χ0v) is 8.35. The summed E-state index contributed by atoms with van der Waals surface area (Å²) in [6.07, 6.45) is 3.35. The fourth-order valence-electron chi connectivity index (χ4n) is 1.42. The molecule has 1 aliphatic rings. The van der Waals surface area contributed by atoms with Crippen LogP contribution < -0.4 is 5.73 Å². The van der Waals surface area contributed by atoms with E-state index in [0.29, 0.717) is 0 Å². The standard InChI is InChI=1S/C7H18N3P/c1-3-10-5-9(2)6-11(4-8)7-10/h3-8H2,1-2H3. The van der Waals surface area contributed by atoms with Gasteiger partial charge in [0.15, 0.2) is 0 Å². The summed E-state index contributed by atoms with van der Waals surface area (Å²) >= 11 is 0. The normalized spacial score (nSPS) is 29.2. The van der Waals surface area contributed by atoms with Crippen molar-refractivity contribution in [3.63, 3.8) is 0 Å². The van der Waals surface area contributed by atoms with Crippen molar-refractivity contribution in [2.45, 2.75) is 6.92 Å². The summed E-state index contributed by atoms with van der Waals surface area (Å²) in [6, 6.07) is 0. The molecule has 1 atom stereocenters. The summed E-state index contributed by atoms with van der Waals surface area (Å²) in [5.41, 5.74) is 5.66. The number of hydrogen-bond acceptors (Lipinski definition) is 3. The first-order valence-electron chi connectivity index (χ1n) is 4.09. The molecule has 0 spiro atoms. The molecular formula is C7H18N3P. The van der Waals surface area contributed by atoms with Gasteiger partial charge in [-0.05, 0) is 13.6 Å². The molecular weight excluding hydrogens is 157 g/mol. The molecule has 0 saturated carbocycles. The second-order valence-electron chi connectivity index (χ2n) is 3.12. The van der Waals surface area contributed by atoms with Crippen LogP contribution in [0.1, 0.15) is 6.92 Å². The van der Waals surface area contributed by atoms with E-state index in [-0.39, 0.29) is 7.92 Å². The van der Waals surface area contributed by atoms with Gasteiger partial charge in [0.25, 0.3) is 0 Å². The third-order valence-corrected chi connectivity index (χ3v) is 4.19. The van der Waals surface area contributed by atoms with Crippen molar-refractivity contribution in [2.24, 2.45) is 5.73 Å². The molecule has 4 heteroatoms. The van der Waals surface area contributed by atoms with Gasteiger partial charge in [-0.1, -0.05) is 14.8 Å². The summed E-state index contributed by atoms with van der Waals surface area (Å²) in [5, 5.41) is 0. The van der Waals surface area contributed by atoms with Crippen LogP contribution in [0.25, 0.3) is 0 Å². The van der Waals surface area contributed by atoms with E-state index in [1.54, 1.807) is 0 Å². The van der Waals surface area contributed by atoms with Gasteiger partial charge in [0.2, 0.25) is 0 Å². The highest BCUT2D eigenvalue weighted by Gasteiger charge is 2.19. The molecule has 0 radical (unpaired) electrons. The molecule has 1 rings (SSSR count). The smallest absolute Gasteiger partial charge is 0.0510 e. The quantitative estimate of drug-likeness (QED) is 0.621. The van der Waals surface area contributed by atoms with Crippen LogP contribution in [-0.2, 0) is 0 Å². The molecule has 2 N–H and O–H groups in total. The number of nitrogens with zero attached hydrogens (tertiary/aromatic N) is 2. The van der Waals surface area contributed by atoms with Crippen LogP contribution in [0.15, 0.2) is 0 Å². The molecule has 1 unspecified atom stereocenters. The van der Waals surface area contributed by atoms with Crippen molar-refractivity contribution in [2.75, 3.05) is 39.1 Å². The Bertz CT molecular complexity index is 108. The lowest BCUT2D eigenvalue weighted by Gasteiger charge is -2.37. The third-order valence-electron chi connectivity index (χ3n) is 1.99. The Morgan fingerprint density at radius 2 is 2.18 bits per heavy atom. The summed E-state index contributed by atoms with van der Waals surface area (Å²) in [4.78, 5) is 4.83. The maximum absolute atomic E-state index is 5.66. The topological polar surface area (TPSA) is 32.5 Å². The van der Waals surface area contributed by atoms with Gasteiger partial charge in [0.1, 0.15) is 0 Å². The fourth-order valence-corrected chi connectivity index (χ4v) is 3.36. The van der Waals surface area contributed by atoms with Gasteiger partial charge in [0.05, 0.1) is 6.67 Å². The van der Waals surface area contributed by atoms with Gasteiger partial charge in [-0.2, -0.15) is 0 Å². The summed E-state index contributed by atoms with van der Waals surface area (Å²) in [7, 11) is 2.25. The molecule has 1 heterocycles. The highest BCUT2D eigenvalue weighted by molar-refractivity contribution is 7.57. The van der Waals surface area contributed by atoms with Gasteiger partial charge in [-0.25, -0.2) is 0 Å². The molecule has 3 nitrogen and oxygen atoms in total. The highest BCUT2D eigenvalue weighted by Crippen LogP contribution is 2.37. The van der Waals surface area contributed by atoms with E-state index < -0.39 is 0 Å². The minimum Gasteiger partial charge on any atom is -0.327 e. The first kappa shape index (κ1) is 9.40. The second-order valence-corrected chi connectivity index (χ2v) is 5.39. The molecule has 0 aromatic rings. The maximum atomic E-state index is 5.66. The molecule has 1 aliphatic heterocycles. The summed E-state index contributed by atoms with van der Waals surface area (Å²) in [6.45, 7) is 4.49. The van der Waals surface area contributed by atoms with Crippen LogP contribution in [0.4, 0.5) is 0 Å². The van der Waals surface area contributed by atoms with E-state index in [1.807, 2.05) is 0 Å². The molecule has 0 bridgehead atoms. The summed E-state index contributed by atoms with van der Waals surface area (Å²) in [5.74, 6) is 0. The van der Waals surface area contributed by atoms with Crippen LogP contribution in [0.2, 0.25) is 0 Å². The number of rotatable bonds is 2. The lowest BCUT2D eigenvalue weighted by atomic mass is 10.6. The fraction of sp³-hybridized carbons (Fsp3) is 1.00. The van der Waals surface area contributed by atoms with Crippen molar-refractivity contribution >= 4 is 7.92 Å². The molecule has 11 heavy (non-hydrogen) atoms. The molecule has 0 aromatic carbocycles. The van der Waals surface area contributed by atoms with Crippen molar-refractivity contribution in [1.82, 2.24) is 9.80 Å². The predicted octanol–water partition coefficient (Wildman–Crippen LogP) is 0.524. The highest BCUT2D eigenvalue weighted by atomic mass is 31.1. The molecule has 1 fully saturated rings. The Morgan fingerprint density at radius 1 is 1.45 bits per heavy atom. The molecule has 0 aliphatic carbocycles. The summed E-state index contributed by atoms with van der Waals surface area (Å²) < 4.78 is 0. The van der Waals surface area contributed by atoms with Crippen LogP contribution >= 0.6 is 7.92 Å². The SMILES string of the molecule is CCN1CN(C)CP(CN)C1. The lowest BCUT2D eigenvalue weighted by Crippen LogP contribution is -2.41. The van der Waals surface area contributed by atoms with Crippen LogP contribution in [-0.4, -0.2) is 48.9 Å². The number of nitrogens with two attached hydrogens (primary N) is 1. The predicted molar refractivity (Wildman–Crippen MR) is 50.7 cm³/mol. The number of hydrogen-bond donors (Lipinski definition) is 1. The van der Waals surface area contributed by atoms with Crippen LogP contribution in [0, 0.1) is 0 Å². The van der Waals surface area contributed by atoms with Crippen molar-refractivity contribution in [1.29, 1.82) is 0 Å². The Morgan fingerprint density at radius 3 is 2.73 bits per heavy atom. The zero-order chi connectivity index (χ0) is 8.27. The van der Waals surface area contributed by atoms with E-state index in [0.717, 1.165) is 19.5 Å². The Kier molecular flexibility index (Phi) is 3.73. The Hall–Kier alpha value is 0.310. The van der Waals surface area contributed by atoms with E-state index in [4.69, 9.17) is 5.73 Å². The monoisotopic (exact) mass is 175 g/mol. The van der Waals surface area contributed by atoms with Gasteiger partial charge >= 0.3 is 0 Å². The Labute approximate surface area is 70.3 Å². The first-order chi connectivity index (χ1) is 5.26. The molecule has 66 valence electrons. The van der Waals surface area contributed by atoms with E-state index in [2.05, 4.69) is 23.8 Å². The largest absolute Gasteiger partial charge is 0.327 e. The average Bonchev–Trinajstić information content (AvgIpc) is 2.03. The average molecular weight is 175 g/mol. The van der Waals surface area contributed by atoms with Crippen molar-refractivity contribution < 1.29 is 0 Å². The molecule has 1 saturated heterocycles. The second kappa shape index (κ2) is 4.36. The minimum absolute atomic E-state index is 0.0756. The van der Waals surface area contributed by atoms with Gasteiger partial charge < -0.3 is 5.73 Å². The van der Waals surface area contributed by atoms with Gasteiger partial charge in [-0.3, -0.25) is 9.80 Å². The Balaban J connectivity index is 2.37. The lowest BCUT2D eigenvalue weighted by molar-refractivity contribution is 0.186. The van der Waals surface area contributed by atoms with E-state index >= 15 is 0 Å². The zero-order valence-electron chi connectivity index (χ0n) is 7.45. The van der Waals surface area contributed by atoms with Gasteiger partial charge in [0, 0.05) is 18.9 Å². The third kappa shape index (κ3) is 2.68. The van der Waals surface area contributed by atoms with Crippen molar-refractivity contribution in [3.8, 4) is 0 Å². The van der Waals surface area contributed by atoms with Crippen molar-refractivity contribution in [3.05, 3.63) is 0 Å². The molecule has 0 aromatic heterocycles. The van der Waals surface area contributed by atoms with Crippen LogP contribution in [0.5, 0.6) is 0 Å². The first-order valence-corrected chi connectivity index (χ1v) is 5.99. The van der Waals surface area contributed by atoms with E-state index in [1.165, 1.54) is 12.6 Å². The van der Waals surface area contributed by atoms with Crippen LogP contribution in [0.3, 0.4) is 0 Å². The van der Waals surface area contributed by atoms with Gasteiger partial charge in [-0.15, -0.1) is 0 Å². The van der Waals surface area contributed by atoms with E-state index in [9.17, 15) is 0 Å². The minimum atomic E-state index is 0.0756. The molecule has 0 amide bonds. The maximum Gasteiger partial charge on any atom is 0.0510 e.